The molecule has 6 aromatic carbocycles. The van der Waals surface area contributed by atoms with E-state index >= 15 is 0 Å². The first-order valence-electron chi connectivity index (χ1n) is 27.3. The molecule has 0 spiro atoms. The Balaban J connectivity index is 0.000000196. The third-order valence-corrected chi connectivity index (χ3v) is 14.6. The number of benzene rings is 6. The van der Waals surface area contributed by atoms with E-state index in [0.717, 1.165) is 69.5 Å². The topological polar surface area (TPSA) is 193 Å². The number of carboxylic acids is 1. The van der Waals surface area contributed by atoms with Gasteiger partial charge in [0.2, 0.25) is 11.8 Å². The number of aliphatic carboxylic acids is 1. The van der Waals surface area contributed by atoms with E-state index < -0.39 is 30.0 Å². The molecule has 0 bridgehead atoms. The Kier molecular flexibility index (Phi) is 19.3. The highest BCUT2D eigenvalue weighted by Gasteiger charge is 2.42. The molecule has 8 aromatic rings. The molecule has 2 aromatic heterocycles. The minimum absolute atomic E-state index is 0.0377. The second kappa shape index (κ2) is 27.6. The Morgan fingerprint density at radius 3 is 1.32 bits per heavy atom. The molecule has 2 fully saturated rings. The summed E-state index contributed by atoms with van der Waals surface area (Å²) in [4.78, 5) is 62.2. The monoisotopic (exact) mass is 1090 g/mol. The van der Waals surface area contributed by atoms with Crippen LogP contribution < -0.4 is 18.9 Å². The molecule has 0 saturated carbocycles. The molecule has 0 aliphatic carbocycles. The van der Waals surface area contributed by atoms with Crippen molar-refractivity contribution in [1.29, 1.82) is 0 Å². The fourth-order valence-corrected chi connectivity index (χ4v) is 10.2. The molecule has 2 saturated heterocycles. The van der Waals surface area contributed by atoms with Gasteiger partial charge in [-0.2, -0.15) is 0 Å². The number of nitrogens with zero attached hydrogens (tertiary/aromatic N) is 4. The third kappa shape index (κ3) is 15.6. The summed E-state index contributed by atoms with van der Waals surface area (Å²) in [7, 11) is 1.38. The first-order valence-corrected chi connectivity index (χ1v) is 27.3. The Labute approximate surface area is 471 Å². The van der Waals surface area contributed by atoms with Crippen LogP contribution in [-0.2, 0) is 40.0 Å². The van der Waals surface area contributed by atoms with E-state index in [-0.39, 0.29) is 30.9 Å². The molecule has 2 aliphatic heterocycles. The Hall–Kier alpha value is -9.18. The molecule has 10 rings (SSSR count). The number of oxazole rings is 2. The largest absolute Gasteiger partial charge is 0.493 e. The van der Waals surface area contributed by atoms with Crippen LogP contribution >= 0.6 is 0 Å². The maximum Gasteiger partial charge on any atom is 0.415 e. The van der Waals surface area contributed by atoms with Gasteiger partial charge in [0.05, 0.1) is 43.5 Å². The molecule has 4 heterocycles. The zero-order chi connectivity index (χ0) is 56.5. The first-order chi connectivity index (χ1) is 39.5. The maximum atomic E-state index is 12.8. The lowest BCUT2D eigenvalue weighted by Gasteiger charge is -2.16. The van der Waals surface area contributed by atoms with Gasteiger partial charge < -0.3 is 47.4 Å². The van der Waals surface area contributed by atoms with E-state index in [2.05, 4.69) is 9.97 Å². The molecule has 2 aliphatic rings. The number of esters is 1. The van der Waals surface area contributed by atoms with Gasteiger partial charge in [-0.1, -0.05) is 97.1 Å². The van der Waals surface area contributed by atoms with Gasteiger partial charge in [0, 0.05) is 50.1 Å². The lowest BCUT2D eigenvalue weighted by atomic mass is 9.90. The quantitative estimate of drug-likeness (QED) is 0.0708. The van der Waals surface area contributed by atoms with Crippen molar-refractivity contribution >= 4 is 24.1 Å². The average molecular weight is 1100 g/mol. The van der Waals surface area contributed by atoms with Gasteiger partial charge in [-0.25, -0.2) is 19.6 Å². The minimum Gasteiger partial charge on any atom is -0.493 e. The van der Waals surface area contributed by atoms with Crippen LogP contribution in [0.4, 0.5) is 9.59 Å². The number of ether oxygens (including phenoxy) is 5. The Morgan fingerprint density at radius 1 is 0.506 bits per heavy atom. The molecule has 4 atom stereocenters. The highest BCUT2D eigenvalue weighted by molar-refractivity contribution is 5.77. The summed E-state index contributed by atoms with van der Waals surface area (Å²) < 4.78 is 39.7. The third-order valence-electron chi connectivity index (χ3n) is 14.6. The lowest BCUT2D eigenvalue weighted by Crippen LogP contribution is -2.32. The number of carboxylic acid groups (broad SMARTS) is 1. The Morgan fingerprint density at radius 2 is 0.901 bits per heavy atom. The van der Waals surface area contributed by atoms with Crippen molar-refractivity contribution in [2.24, 2.45) is 23.7 Å². The molecule has 2 amide bonds. The second-order valence-corrected chi connectivity index (χ2v) is 20.1. The van der Waals surface area contributed by atoms with E-state index in [4.69, 9.17) is 32.5 Å². The number of aromatic nitrogens is 2. The fourth-order valence-electron chi connectivity index (χ4n) is 10.2. The number of hydrogen-bond acceptors (Lipinski definition) is 13. The molecular weight excluding hydrogens is 1030 g/mol. The van der Waals surface area contributed by atoms with E-state index in [1.807, 2.05) is 147 Å². The summed E-state index contributed by atoms with van der Waals surface area (Å²) >= 11 is 0. The van der Waals surface area contributed by atoms with Crippen molar-refractivity contribution < 1.29 is 56.8 Å². The zero-order valence-electron chi connectivity index (χ0n) is 45.7. The van der Waals surface area contributed by atoms with Gasteiger partial charge >= 0.3 is 24.1 Å². The van der Waals surface area contributed by atoms with Crippen LogP contribution in [0.3, 0.4) is 0 Å². The van der Waals surface area contributed by atoms with E-state index in [1.54, 1.807) is 41.3 Å². The summed E-state index contributed by atoms with van der Waals surface area (Å²) in [5.74, 6) is 2.80. The number of carbonyl (C=O) groups is 4. The van der Waals surface area contributed by atoms with Crippen LogP contribution in [0.2, 0.25) is 0 Å². The van der Waals surface area contributed by atoms with Gasteiger partial charge in [-0.15, -0.1) is 0 Å². The number of methoxy groups -OCH3 is 1. The van der Waals surface area contributed by atoms with Crippen LogP contribution in [-0.4, -0.2) is 95.5 Å². The SMILES string of the molecule is COC(=O)[C@H]1CN(C(=O)Oc2ccccc2)C[C@H]1CCc1cccc(OCCc2nc(-c3ccccc3)oc2C)c1.Cc1oc(-c2ccccc2)nc1CCOc1cccc(CC[C@@H]2CN(C(=O)Oc3ccccc3)C[C@@H]2C(=O)O)c1. The van der Waals surface area contributed by atoms with Crippen molar-refractivity contribution in [3.63, 3.8) is 0 Å². The van der Waals surface area contributed by atoms with Crippen LogP contribution in [0, 0.1) is 37.5 Å². The summed E-state index contributed by atoms with van der Waals surface area (Å²) in [5, 5.41) is 9.78. The predicted molar refractivity (Wildman–Crippen MR) is 303 cm³/mol. The number of rotatable bonds is 20. The van der Waals surface area contributed by atoms with Gasteiger partial charge in [-0.3, -0.25) is 9.59 Å². The van der Waals surface area contributed by atoms with E-state index in [1.165, 1.54) is 12.0 Å². The van der Waals surface area contributed by atoms with Crippen LogP contribution in [0.25, 0.3) is 22.9 Å². The number of aryl methyl sites for hydroxylation is 4. The number of para-hydroxylation sites is 2. The summed E-state index contributed by atoms with van der Waals surface area (Å²) in [6.07, 6.45) is 3.04. The average Bonchev–Trinajstić information content (AvgIpc) is 4.33. The predicted octanol–water partition coefficient (Wildman–Crippen LogP) is 12.2. The van der Waals surface area contributed by atoms with Crippen molar-refractivity contribution in [2.45, 2.75) is 52.4 Å². The molecule has 0 radical (unpaired) electrons. The summed E-state index contributed by atoms with van der Waals surface area (Å²) in [6, 6.07) is 53.2. The molecular formula is C65H66N4O12. The number of amides is 2. The lowest BCUT2D eigenvalue weighted by molar-refractivity contribution is -0.146. The fraction of sp³-hybridized carbons (Fsp3) is 0.292. The van der Waals surface area contributed by atoms with Gasteiger partial charge in [0.15, 0.2) is 0 Å². The number of likely N-dealkylation sites (tertiary alicyclic amines) is 2. The van der Waals surface area contributed by atoms with Crippen LogP contribution in [0.15, 0.2) is 179 Å². The minimum atomic E-state index is -0.893. The maximum absolute atomic E-state index is 12.8. The smallest absolute Gasteiger partial charge is 0.415 e. The normalized spacial score (nSPS) is 16.5. The molecule has 0 unspecified atom stereocenters. The van der Waals surface area contributed by atoms with Gasteiger partial charge in [-0.05, 0) is 135 Å². The molecule has 16 heteroatoms. The van der Waals surface area contributed by atoms with Gasteiger partial charge in [0.25, 0.3) is 0 Å². The first kappa shape index (κ1) is 56.5. The molecule has 16 nitrogen and oxygen atoms in total. The molecule has 81 heavy (non-hydrogen) atoms. The number of carbonyl (C=O) groups excluding carboxylic acids is 3. The van der Waals surface area contributed by atoms with E-state index in [9.17, 15) is 24.3 Å². The van der Waals surface area contributed by atoms with Crippen molar-refractivity contribution in [3.8, 4) is 45.9 Å². The van der Waals surface area contributed by atoms with Crippen molar-refractivity contribution in [3.05, 3.63) is 204 Å². The van der Waals surface area contributed by atoms with Crippen LogP contribution in [0.5, 0.6) is 23.0 Å². The van der Waals surface area contributed by atoms with Crippen LogP contribution in [0.1, 0.15) is 46.9 Å². The highest BCUT2D eigenvalue weighted by atomic mass is 16.6. The Bertz CT molecular complexity index is 3330. The van der Waals surface area contributed by atoms with E-state index in [0.29, 0.717) is 75.3 Å². The second-order valence-electron chi connectivity index (χ2n) is 20.1. The highest BCUT2D eigenvalue weighted by Crippen LogP contribution is 2.32. The standard InChI is InChI=1S/C33H34N2O6.C32H32N2O6/c1-23-30(34-31(40-23)25-11-5-3-6-12-25)18-19-39-28-15-9-10-24(20-28)16-17-26-21-35(22-29(26)32(36)38-2)33(37)41-27-13-7-4-8-14-27;1-22-29(33-30(39-22)24-10-4-2-5-11-24)17-18-38-27-14-8-9-23(19-27)15-16-25-20-34(21-28(25)31(35)36)32(37)40-26-12-6-3-7-13-26/h3-15,20,26,29H,16-19,21-22H2,1-2H3;2-14,19,25,28H,15-18,20-21H2,1H3,(H,35,36)/t26-,29+;25-,28+/m11/s1. The summed E-state index contributed by atoms with van der Waals surface area (Å²) in [6.45, 7) is 5.95. The number of hydrogen-bond donors (Lipinski definition) is 1. The molecule has 418 valence electrons. The van der Waals surface area contributed by atoms with Gasteiger partial charge in [0.1, 0.15) is 34.5 Å². The van der Waals surface area contributed by atoms with Crippen molar-refractivity contribution in [2.75, 3.05) is 46.5 Å². The zero-order valence-corrected chi connectivity index (χ0v) is 45.7. The summed E-state index contributed by atoms with van der Waals surface area (Å²) in [5.41, 5.74) is 5.78. The van der Waals surface area contributed by atoms with Crippen molar-refractivity contribution in [1.82, 2.24) is 19.8 Å². The molecule has 1 N–H and O–H groups in total.